The zero-order valence-corrected chi connectivity index (χ0v) is 17.5. The molecule has 0 saturated heterocycles. The molecular weight excluding hydrogens is 398 g/mol. The third-order valence-corrected chi connectivity index (χ3v) is 4.29. The van der Waals surface area contributed by atoms with Gasteiger partial charge in [-0.25, -0.2) is 0 Å². The van der Waals surface area contributed by atoms with E-state index in [4.69, 9.17) is 0 Å². The number of isothiocyanates is 2. The van der Waals surface area contributed by atoms with E-state index in [0.717, 1.165) is 45.6 Å². The number of nitrogens with one attached hydrogen (secondary N) is 1. The highest BCUT2D eigenvalue weighted by Gasteiger charge is 2.05. The fourth-order valence-electron chi connectivity index (χ4n) is 2.63. The summed E-state index contributed by atoms with van der Waals surface area (Å²) < 4.78 is 0. The molecule has 29 heavy (non-hydrogen) atoms. The molecule has 0 aliphatic rings. The van der Waals surface area contributed by atoms with Crippen molar-refractivity contribution >= 4 is 68.9 Å². The van der Waals surface area contributed by atoms with E-state index in [1.165, 1.54) is 0 Å². The van der Waals surface area contributed by atoms with Gasteiger partial charge in [-0.1, -0.05) is 0 Å². The van der Waals surface area contributed by atoms with E-state index in [2.05, 4.69) is 59.7 Å². The molecule has 142 valence electrons. The molecule has 1 aromatic heterocycles. The number of aliphatic imine (C=N–C) groups is 4. The van der Waals surface area contributed by atoms with Crippen molar-refractivity contribution in [1.82, 2.24) is 4.98 Å². The van der Waals surface area contributed by atoms with E-state index >= 15 is 0 Å². The summed E-state index contributed by atoms with van der Waals surface area (Å²) in [6.07, 6.45) is 0. The molecular formula is C22H17N5S2. The molecule has 0 amide bonds. The van der Waals surface area contributed by atoms with Gasteiger partial charge in [0.15, 0.2) is 0 Å². The molecule has 0 bridgehead atoms. The molecule has 2 aromatic carbocycles. The normalized spacial score (nSPS) is 11.5. The predicted molar refractivity (Wildman–Crippen MR) is 127 cm³/mol. The number of benzene rings is 2. The van der Waals surface area contributed by atoms with Crippen LogP contribution in [0, 0.1) is 0 Å². The fourth-order valence-corrected chi connectivity index (χ4v) is 2.84. The summed E-state index contributed by atoms with van der Waals surface area (Å²) >= 11 is 9.23. The van der Waals surface area contributed by atoms with E-state index in [0.29, 0.717) is 0 Å². The molecule has 3 aromatic rings. The average Bonchev–Trinajstić information content (AvgIpc) is 3.22. The van der Waals surface area contributed by atoms with Gasteiger partial charge in [-0.2, -0.15) is 9.98 Å². The second-order valence-corrected chi connectivity index (χ2v) is 6.48. The van der Waals surface area contributed by atoms with E-state index in [1.807, 2.05) is 74.5 Å². The van der Waals surface area contributed by atoms with Gasteiger partial charge in [0.2, 0.25) is 0 Å². The number of hydrogen-bond donors (Lipinski definition) is 1. The van der Waals surface area contributed by atoms with Crippen LogP contribution in [0.25, 0.3) is 0 Å². The Balaban J connectivity index is 1.77. The van der Waals surface area contributed by atoms with E-state index < -0.39 is 0 Å². The Morgan fingerprint density at radius 2 is 0.966 bits per heavy atom. The molecule has 0 atom stereocenters. The second-order valence-electron chi connectivity index (χ2n) is 6.12. The van der Waals surface area contributed by atoms with Gasteiger partial charge in [-0.05, 0) is 98.9 Å². The molecule has 0 unspecified atom stereocenters. The van der Waals surface area contributed by atoms with Gasteiger partial charge in [0.1, 0.15) is 0 Å². The van der Waals surface area contributed by atoms with Crippen LogP contribution in [-0.2, 0) is 0 Å². The Hall–Kier alpha value is -3.34. The van der Waals surface area contributed by atoms with E-state index in [1.54, 1.807) is 0 Å². The van der Waals surface area contributed by atoms with Crippen LogP contribution < -0.4 is 0 Å². The lowest BCUT2D eigenvalue weighted by atomic mass is 10.2. The molecule has 3 rings (SSSR count). The molecule has 1 heterocycles. The minimum absolute atomic E-state index is 0.757. The first kappa shape index (κ1) is 20.4. The predicted octanol–water partition coefficient (Wildman–Crippen LogP) is 6.76. The maximum atomic E-state index is 4.65. The van der Waals surface area contributed by atoms with Gasteiger partial charge >= 0.3 is 0 Å². The van der Waals surface area contributed by atoms with Crippen molar-refractivity contribution in [1.29, 1.82) is 0 Å². The lowest BCUT2D eigenvalue weighted by Gasteiger charge is -2.01. The van der Waals surface area contributed by atoms with Crippen LogP contribution in [0.5, 0.6) is 0 Å². The van der Waals surface area contributed by atoms with Crippen LogP contribution in [0.2, 0.25) is 0 Å². The van der Waals surface area contributed by atoms with Crippen LogP contribution in [-0.4, -0.2) is 26.7 Å². The van der Waals surface area contributed by atoms with Crippen LogP contribution in [0.4, 0.5) is 22.7 Å². The highest BCUT2D eigenvalue weighted by atomic mass is 32.1. The maximum absolute atomic E-state index is 4.65. The molecule has 0 aliphatic carbocycles. The van der Waals surface area contributed by atoms with Crippen LogP contribution in [0.1, 0.15) is 25.2 Å². The summed E-state index contributed by atoms with van der Waals surface area (Å²) in [4.78, 5) is 20.5. The zero-order valence-electron chi connectivity index (χ0n) is 15.9. The van der Waals surface area contributed by atoms with Gasteiger partial charge < -0.3 is 4.98 Å². The number of H-pyrrole nitrogens is 1. The Labute approximate surface area is 179 Å². The first-order valence-electron chi connectivity index (χ1n) is 8.75. The third kappa shape index (κ3) is 5.57. The quantitative estimate of drug-likeness (QED) is 0.357. The van der Waals surface area contributed by atoms with Crippen molar-refractivity contribution < 1.29 is 0 Å². The van der Waals surface area contributed by atoms with Gasteiger partial charge in [0.25, 0.3) is 0 Å². The Bertz CT molecular complexity index is 1070. The summed E-state index contributed by atoms with van der Waals surface area (Å²) in [5.41, 5.74) is 6.80. The standard InChI is InChI=1S/C22H17N5S2/c1-15(25-19-7-3-17(4-8-19)23-13-28)21-11-12-22(27-21)16(2)26-20-9-5-18(6-10-20)24-14-29/h3-12,27H,1-2H3. The first-order valence-corrected chi connectivity index (χ1v) is 9.57. The molecule has 1 N–H and O–H groups in total. The van der Waals surface area contributed by atoms with Crippen molar-refractivity contribution in [3.05, 3.63) is 72.1 Å². The minimum atomic E-state index is 0.757. The number of nitrogens with zero attached hydrogens (tertiary/aromatic N) is 4. The molecule has 0 fully saturated rings. The molecule has 0 radical (unpaired) electrons. The SMILES string of the molecule is CC(=Nc1ccc(N=C=S)cc1)c1ccc(C(C)=Nc2ccc(N=C=S)cc2)[nH]1. The zero-order chi connectivity index (χ0) is 20.6. The average molecular weight is 416 g/mol. The van der Waals surface area contributed by atoms with E-state index in [-0.39, 0.29) is 0 Å². The number of aromatic amines is 1. The summed E-state index contributed by atoms with van der Waals surface area (Å²) in [5.74, 6) is 0. The van der Waals surface area contributed by atoms with E-state index in [9.17, 15) is 0 Å². The topological polar surface area (TPSA) is 65.2 Å². The van der Waals surface area contributed by atoms with Gasteiger partial charge in [0.05, 0.1) is 55.9 Å². The van der Waals surface area contributed by atoms with Crippen LogP contribution in [0.15, 0.2) is 80.6 Å². The summed E-state index contributed by atoms with van der Waals surface area (Å²) in [6.45, 7) is 3.92. The molecule has 0 spiro atoms. The van der Waals surface area contributed by atoms with Crippen LogP contribution >= 0.6 is 24.4 Å². The fraction of sp³-hybridized carbons (Fsp3) is 0.0909. The van der Waals surface area contributed by atoms with Crippen molar-refractivity contribution in [3.8, 4) is 0 Å². The lowest BCUT2D eigenvalue weighted by molar-refractivity contribution is 1.30. The minimum Gasteiger partial charge on any atom is -0.353 e. The molecule has 5 nitrogen and oxygen atoms in total. The van der Waals surface area contributed by atoms with Crippen molar-refractivity contribution in [2.24, 2.45) is 20.0 Å². The molecule has 0 aliphatic heterocycles. The monoisotopic (exact) mass is 415 g/mol. The Morgan fingerprint density at radius 1 is 0.621 bits per heavy atom. The summed E-state index contributed by atoms with van der Waals surface area (Å²) in [5, 5.41) is 4.71. The largest absolute Gasteiger partial charge is 0.353 e. The number of thiocarbonyl (C=S) groups is 2. The van der Waals surface area contributed by atoms with Crippen molar-refractivity contribution in [2.45, 2.75) is 13.8 Å². The second kappa shape index (κ2) is 9.73. The number of aromatic nitrogens is 1. The Kier molecular flexibility index (Phi) is 6.85. The summed E-state index contributed by atoms with van der Waals surface area (Å²) in [7, 11) is 0. The van der Waals surface area contributed by atoms with Crippen LogP contribution in [0.3, 0.4) is 0 Å². The third-order valence-electron chi connectivity index (χ3n) is 4.11. The van der Waals surface area contributed by atoms with Crippen molar-refractivity contribution in [2.75, 3.05) is 0 Å². The number of hydrogen-bond acceptors (Lipinski definition) is 6. The van der Waals surface area contributed by atoms with Gasteiger partial charge in [-0.3, -0.25) is 9.98 Å². The van der Waals surface area contributed by atoms with Gasteiger partial charge in [-0.15, -0.1) is 0 Å². The van der Waals surface area contributed by atoms with Crippen molar-refractivity contribution in [3.63, 3.8) is 0 Å². The smallest absolute Gasteiger partial charge is 0.0741 e. The maximum Gasteiger partial charge on any atom is 0.0741 e. The summed E-state index contributed by atoms with van der Waals surface area (Å²) in [6, 6.07) is 19.0. The van der Waals surface area contributed by atoms with Gasteiger partial charge in [0, 0.05) is 0 Å². The lowest BCUT2D eigenvalue weighted by Crippen LogP contribution is -1.98. The first-order chi connectivity index (χ1) is 14.1. The highest BCUT2D eigenvalue weighted by Crippen LogP contribution is 2.21. The molecule has 7 heteroatoms. The molecule has 0 saturated carbocycles. The Morgan fingerprint density at radius 3 is 1.31 bits per heavy atom. The number of rotatable bonds is 6. The highest BCUT2D eigenvalue weighted by molar-refractivity contribution is 7.78.